The van der Waals surface area contributed by atoms with Gasteiger partial charge in [-0.25, -0.2) is 0 Å². The Bertz CT molecular complexity index is 926. The maximum absolute atomic E-state index is 13.6. The van der Waals surface area contributed by atoms with Crippen LogP contribution in [-0.2, 0) is 4.79 Å². The third-order valence-electron chi connectivity index (χ3n) is 11.4. The Morgan fingerprint density at radius 3 is 2.31 bits per heavy atom. The molecule has 0 aromatic rings. The Balaban J connectivity index is 1.69. The van der Waals surface area contributed by atoms with E-state index in [1.807, 2.05) is 46.8 Å². The lowest BCUT2D eigenvalue weighted by Gasteiger charge is -2.62. The summed E-state index contributed by atoms with van der Waals surface area (Å²) >= 11 is 0. The van der Waals surface area contributed by atoms with Gasteiger partial charge in [0.25, 0.3) is 0 Å². The van der Waals surface area contributed by atoms with Gasteiger partial charge in [0.1, 0.15) is 0 Å². The highest BCUT2D eigenvalue weighted by atomic mass is 16.3. The molecule has 0 amide bonds. The molecule has 0 heterocycles. The summed E-state index contributed by atoms with van der Waals surface area (Å²) in [5.41, 5.74) is -0.724. The number of allylic oxidation sites excluding steroid dienone is 3. The molecule has 0 radical (unpaired) electrons. The molecule has 0 saturated heterocycles. The molecular weight excluding hydrogens is 440 g/mol. The van der Waals surface area contributed by atoms with E-state index >= 15 is 0 Å². The van der Waals surface area contributed by atoms with Gasteiger partial charge in [0.15, 0.2) is 5.78 Å². The number of ketones is 1. The maximum atomic E-state index is 13.6. The summed E-state index contributed by atoms with van der Waals surface area (Å²) in [6, 6.07) is 0. The van der Waals surface area contributed by atoms with Crippen molar-refractivity contribution in [3.05, 3.63) is 23.3 Å². The summed E-state index contributed by atoms with van der Waals surface area (Å²) in [4.78, 5) is 13.6. The normalized spacial score (nSPS) is 49.9. The molecule has 4 saturated carbocycles. The van der Waals surface area contributed by atoms with E-state index in [4.69, 9.17) is 0 Å². The van der Waals surface area contributed by atoms with Crippen LogP contribution in [0.2, 0.25) is 0 Å². The maximum Gasteiger partial charge on any atom is 0.160 e. The molecule has 0 aromatic heterocycles. The Labute approximate surface area is 211 Å². The quantitative estimate of drug-likeness (QED) is 0.435. The van der Waals surface area contributed by atoms with Gasteiger partial charge < -0.3 is 20.4 Å². The van der Waals surface area contributed by atoms with E-state index in [9.17, 15) is 25.2 Å². The zero-order valence-corrected chi connectivity index (χ0v) is 22.9. The average Bonchev–Trinajstić information content (AvgIpc) is 3.21. The van der Waals surface area contributed by atoms with Crippen LogP contribution in [0.5, 0.6) is 0 Å². The first-order chi connectivity index (χ1) is 16.0. The number of carbonyl (C=O) groups is 1. The molecule has 4 aliphatic carbocycles. The van der Waals surface area contributed by atoms with Crippen molar-refractivity contribution in [1.29, 1.82) is 0 Å². The lowest BCUT2D eigenvalue weighted by molar-refractivity contribution is -0.178. The number of hydrogen-bond acceptors (Lipinski definition) is 5. The topological polar surface area (TPSA) is 98.0 Å². The fraction of sp³-hybridized carbons (Fsp3) is 0.833. The lowest BCUT2D eigenvalue weighted by atomic mass is 9.43. The summed E-state index contributed by atoms with van der Waals surface area (Å²) < 4.78 is 0. The van der Waals surface area contributed by atoms with Crippen LogP contribution in [0, 0.1) is 39.9 Å². The van der Waals surface area contributed by atoms with Gasteiger partial charge in [-0.3, -0.25) is 4.79 Å². The van der Waals surface area contributed by atoms with Crippen molar-refractivity contribution in [3.63, 3.8) is 0 Å². The molecule has 198 valence electrons. The highest BCUT2D eigenvalue weighted by Gasteiger charge is 2.65. The van der Waals surface area contributed by atoms with Crippen LogP contribution in [0.1, 0.15) is 93.4 Å². The minimum atomic E-state index is -0.880. The second-order valence-corrected chi connectivity index (χ2v) is 14.0. The van der Waals surface area contributed by atoms with Crippen molar-refractivity contribution in [2.24, 2.45) is 39.9 Å². The molecular formula is C30H48O5. The first-order valence-corrected chi connectivity index (χ1v) is 13.7. The minimum Gasteiger partial charge on any atom is -0.396 e. The van der Waals surface area contributed by atoms with E-state index < -0.39 is 22.7 Å². The van der Waals surface area contributed by atoms with Gasteiger partial charge in [-0.2, -0.15) is 0 Å². The molecule has 0 aromatic carbocycles. The standard InChI is InChI=1S/C30H48O5/c1-18(8-9-20-19(26(2,3)34)10-15-30(20,7)35)25-21(32)16-23-27(4)14-12-24(33)29(6,17-31)22(27)11-13-28(23,25)5/h8-9,19-20,22-24,31,33-35H,10-17H2,1-7H3/b9-8+,25-18+/t19-,20+,22+,23-,24-,27-,28-,29+,30+/m0/s1. The zero-order valence-electron chi connectivity index (χ0n) is 22.9. The summed E-state index contributed by atoms with van der Waals surface area (Å²) in [6.07, 6.45) is 8.82. The SMILES string of the molecule is CC(/C=C/[C@@H]1[C@@H](C(C)(C)O)CC[C@@]1(C)O)=C1/C(=O)C[C@H]2[C@@]3(C)CC[C@H](O)[C@](C)(CO)[C@@H]3CC[C@]12C. The van der Waals surface area contributed by atoms with Gasteiger partial charge in [-0.15, -0.1) is 0 Å². The van der Waals surface area contributed by atoms with Gasteiger partial charge in [0.2, 0.25) is 0 Å². The first kappa shape index (κ1) is 27.0. The second kappa shape index (κ2) is 8.51. The molecule has 0 bridgehead atoms. The first-order valence-electron chi connectivity index (χ1n) is 13.7. The molecule has 9 atom stereocenters. The molecule has 4 N–H and O–H groups in total. The van der Waals surface area contributed by atoms with Crippen LogP contribution in [-0.4, -0.2) is 50.1 Å². The van der Waals surface area contributed by atoms with Gasteiger partial charge >= 0.3 is 0 Å². The van der Waals surface area contributed by atoms with E-state index in [1.165, 1.54) is 0 Å². The number of hydrogen-bond donors (Lipinski definition) is 4. The molecule has 5 nitrogen and oxygen atoms in total. The van der Waals surface area contributed by atoms with E-state index in [0.717, 1.165) is 36.8 Å². The second-order valence-electron chi connectivity index (χ2n) is 14.0. The predicted molar refractivity (Wildman–Crippen MR) is 137 cm³/mol. The van der Waals surface area contributed by atoms with Crippen LogP contribution in [0.4, 0.5) is 0 Å². The van der Waals surface area contributed by atoms with E-state index in [2.05, 4.69) is 13.8 Å². The molecule has 4 fully saturated rings. The summed E-state index contributed by atoms with van der Waals surface area (Å²) in [6.45, 7) is 14.1. The van der Waals surface area contributed by atoms with Crippen LogP contribution < -0.4 is 0 Å². The van der Waals surface area contributed by atoms with Gasteiger partial charge in [-0.05, 0) is 95.0 Å². The number of rotatable bonds is 4. The third-order valence-corrected chi connectivity index (χ3v) is 11.4. The molecule has 4 aliphatic rings. The van der Waals surface area contributed by atoms with Crippen molar-refractivity contribution in [2.45, 2.75) is 111 Å². The number of aliphatic hydroxyl groups excluding tert-OH is 2. The molecule has 35 heavy (non-hydrogen) atoms. The monoisotopic (exact) mass is 488 g/mol. The van der Waals surface area contributed by atoms with E-state index in [-0.39, 0.29) is 46.9 Å². The number of fused-ring (bicyclic) bond motifs is 3. The van der Waals surface area contributed by atoms with Crippen LogP contribution in [0.15, 0.2) is 23.3 Å². The largest absolute Gasteiger partial charge is 0.396 e. The Hall–Kier alpha value is -1.01. The Morgan fingerprint density at radius 1 is 1.06 bits per heavy atom. The highest BCUT2D eigenvalue weighted by molar-refractivity contribution is 6.00. The van der Waals surface area contributed by atoms with Crippen molar-refractivity contribution >= 4 is 5.78 Å². The van der Waals surface area contributed by atoms with Crippen molar-refractivity contribution in [1.82, 2.24) is 0 Å². The van der Waals surface area contributed by atoms with E-state index in [1.54, 1.807) is 0 Å². The van der Waals surface area contributed by atoms with Gasteiger partial charge in [-0.1, -0.05) is 32.9 Å². The van der Waals surface area contributed by atoms with Crippen molar-refractivity contribution < 1.29 is 25.2 Å². The Kier molecular flexibility index (Phi) is 6.57. The highest BCUT2D eigenvalue weighted by Crippen LogP contribution is 2.69. The van der Waals surface area contributed by atoms with Crippen molar-refractivity contribution in [2.75, 3.05) is 6.61 Å². The average molecular weight is 489 g/mol. The predicted octanol–water partition coefficient (Wildman–Crippen LogP) is 4.57. The smallest absolute Gasteiger partial charge is 0.160 e. The van der Waals surface area contributed by atoms with Crippen LogP contribution in [0.3, 0.4) is 0 Å². The molecule has 5 heteroatoms. The number of carbonyl (C=O) groups excluding carboxylic acids is 1. The lowest BCUT2D eigenvalue weighted by Crippen LogP contribution is -2.59. The Morgan fingerprint density at radius 2 is 1.71 bits per heavy atom. The minimum absolute atomic E-state index is 0.0278. The molecule has 0 aliphatic heterocycles. The molecule has 4 rings (SSSR count). The summed E-state index contributed by atoms with van der Waals surface area (Å²) in [5, 5.41) is 42.8. The third kappa shape index (κ3) is 4.00. The van der Waals surface area contributed by atoms with E-state index in [0.29, 0.717) is 19.3 Å². The van der Waals surface area contributed by atoms with Crippen molar-refractivity contribution in [3.8, 4) is 0 Å². The fourth-order valence-corrected chi connectivity index (χ4v) is 9.30. The van der Waals surface area contributed by atoms with Crippen LogP contribution >= 0.6 is 0 Å². The summed E-state index contributed by atoms with van der Waals surface area (Å²) in [5.74, 6) is 0.392. The zero-order chi connectivity index (χ0) is 26.2. The van der Waals surface area contributed by atoms with Crippen LogP contribution in [0.25, 0.3) is 0 Å². The molecule has 0 unspecified atom stereocenters. The molecule has 0 spiro atoms. The fourth-order valence-electron chi connectivity index (χ4n) is 9.30. The number of aliphatic hydroxyl groups is 4. The summed E-state index contributed by atoms with van der Waals surface area (Å²) in [7, 11) is 0. The number of Topliss-reactive ketones (excluding diaryl/α,β-unsaturated/α-hetero) is 1. The van der Waals surface area contributed by atoms with Gasteiger partial charge in [0, 0.05) is 28.7 Å². The van der Waals surface area contributed by atoms with Gasteiger partial charge in [0.05, 0.1) is 23.9 Å².